The van der Waals surface area contributed by atoms with Crippen LogP contribution in [0.25, 0.3) is 16.5 Å². The lowest BCUT2D eigenvalue weighted by Gasteiger charge is -2.61. The van der Waals surface area contributed by atoms with Gasteiger partial charge in [-0.3, -0.25) is 9.59 Å². The third-order valence-electron chi connectivity index (χ3n) is 8.41. The van der Waals surface area contributed by atoms with Crippen molar-refractivity contribution in [3.63, 3.8) is 0 Å². The van der Waals surface area contributed by atoms with E-state index < -0.39 is 0 Å². The standard InChI is InChI=1S/C28H28N4O4/c1-15-7-9-31(15)27(34)21-14-32-25(16(21)2)22(6-8-29-32)36-19-4-5-20-23(10-19)35-17(3)24(20)26(33)30-28-11-18(12-28)13-28/h4-6,8,10,14-15,18H,7,9,11-13H2,1-3H3,(H,30,33). The SMILES string of the molecule is Cc1oc2cc(Oc3ccnn4cc(C(=O)N5CCC5C)c(C)c34)ccc2c1C(=O)NC12CC(C1)C2. The fourth-order valence-electron chi connectivity index (χ4n) is 6.10. The predicted molar refractivity (Wildman–Crippen MR) is 134 cm³/mol. The van der Waals surface area contributed by atoms with Crippen molar-refractivity contribution in [3.05, 3.63) is 59.1 Å². The Morgan fingerprint density at radius 2 is 2.00 bits per heavy atom. The maximum Gasteiger partial charge on any atom is 0.256 e. The average Bonchev–Trinajstić information content (AvgIpc) is 3.30. The lowest BCUT2D eigenvalue weighted by atomic mass is 9.50. The quantitative estimate of drug-likeness (QED) is 0.430. The van der Waals surface area contributed by atoms with Gasteiger partial charge >= 0.3 is 0 Å². The van der Waals surface area contributed by atoms with E-state index in [4.69, 9.17) is 9.15 Å². The second kappa shape index (κ2) is 7.35. The number of aromatic nitrogens is 2. The number of nitrogens with one attached hydrogen (secondary N) is 1. The smallest absolute Gasteiger partial charge is 0.256 e. The summed E-state index contributed by atoms with van der Waals surface area (Å²) >= 11 is 0. The predicted octanol–water partition coefficient (Wildman–Crippen LogP) is 5.01. The van der Waals surface area contributed by atoms with Crippen LogP contribution in [0.4, 0.5) is 0 Å². The molecule has 3 aliphatic carbocycles. The van der Waals surface area contributed by atoms with E-state index in [0.29, 0.717) is 34.0 Å². The molecule has 1 unspecified atom stereocenters. The first-order chi connectivity index (χ1) is 17.3. The highest BCUT2D eigenvalue weighted by molar-refractivity contribution is 6.08. The van der Waals surface area contributed by atoms with Crippen LogP contribution >= 0.6 is 0 Å². The molecule has 1 aliphatic heterocycles. The summed E-state index contributed by atoms with van der Waals surface area (Å²) in [5.74, 6) is 2.54. The van der Waals surface area contributed by atoms with Crippen LogP contribution in [0, 0.1) is 19.8 Å². The number of amides is 2. The number of ether oxygens (including phenoxy) is 1. The van der Waals surface area contributed by atoms with Crippen LogP contribution in [0.2, 0.25) is 0 Å². The van der Waals surface area contributed by atoms with Crippen molar-refractivity contribution in [1.29, 1.82) is 0 Å². The molecule has 2 amide bonds. The maximum atomic E-state index is 13.0. The van der Waals surface area contributed by atoms with Gasteiger partial charge in [0.2, 0.25) is 0 Å². The van der Waals surface area contributed by atoms with Gasteiger partial charge in [0.25, 0.3) is 11.8 Å². The van der Waals surface area contributed by atoms with Gasteiger partial charge in [0.15, 0.2) is 5.75 Å². The van der Waals surface area contributed by atoms with E-state index in [1.807, 2.05) is 36.9 Å². The molecule has 1 N–H and O–H groups in total. The minimum atomic E-state index is -0.0635. The number of fused-ring (bicyclic) bond motifs is 2. The van der Waals surface area contributed by atoms with Gasteiger partial charge < -0.3 is 19.4 Å². The second-order valence-electron chi connectivity index (χ2n) is 10.8. The molecule has 36 heavy (non-hydrogen) atoms. The molecule has 184 valence electrons. The number of carbonyl (C=O) groups is 2. The number of furan rings is 1. The van der Waals surface area contributed by atoms with Crippen molar-refractivity contribution in [2.45, 2.75) is 58.0 Å². The number of benzene rings is 1. The molecule has 3 aromatic heterocycles. The van der Waals surface area contributed by atoms with Crippen LogP contribution in [-0.2, 0) is 0 Å². The third kappa shape index (κ3) is 3.03. The Morgan fingerprint density at radius 1 is 1.19 bits per heavy atom. The first-order valence-electron chi connectivity index (χ1n) is 12.6. The van der Waals surface area contributed by atoms with Crippen LogP contribution < -0.4 is 10.1 Å². The lowest BCUT2D eigenvalue weighted by molar-refractivity contribution is -0.0438. The summed E-state index contributed by atoms with van der Waals surface area (Å²) in [5.41, 5.74) is 3.44. The monoisotopic (exact) mass is 484 g/mol. The van der Waals surface area contributed by atoms with Gasteiger partial charge in [-0.1, -0.05) is 0 Å². The minimum Gasteiger partial charge on any atom is -0.460 e. The summed E-state index contributed by atoms with van der Waals surface area (Å²) in [6.07, 6.45) is 7.75. The van der Waals surface area contributed by atoms with E-state index >= 15 is 0 Å². The van der Waals surface area contributed by atoms with Gasteiger partial charge in [0.1, 0.15) is 22.6 Å². The number of aryl methyl sites for hydroxylation is 2. The van der Waals surface area contributed by atoms with Gasteiger partial charge in [-0.25, -0.2) is 4.52 Å². The number of carbonyl (C=O) groups excluding carboxylic acids is 2. The van der Waals surface area contributed by atoms with Crippen molar-refractivity contribution in [2.24, 2.45) is 5.92 Å². The zero-order valence-corrected chi connectivity index (χ0v) is 20.6. The number of nitrogens with zero attached hydrogens (tertiary/aromatic N) is 3. The molecule has 4 aliphatic rings. The largest absolute Gasteiger partial charge is 0.460 e. The minimum absolute atomic E-state index is 0.0105. The second-order valence-corrected chi connectivity index (χ2v) is 10.8. The molecule has 4 fully saturated rings. The molecular weight excluding hydrogens is 456 g/mol. The summed E-state index contributed by atoms with van der Waals surface area (Å²) < 4.78 is 13.9. The molecule has 1 aromatic carbocycles. The zero-order chi connectivity index (χ0) is 24.8. The molecule has 0 spiro atoms. The number of hydrogen-bond acceptors (Lipinski definition) is 5. The molecule has 3 saturated carbocycles. The molecule has 4 aromatic rings. The molecule has 8 rings (SSSR count). The van der Waals surface area contributed by atoms with E-state index in [1.165, 1.54) is 0 Å². The average molecular weight is 485 g/mol. The molecule has 2 bridgehead atoms. The van der Waals surface area contributed by atoms with Crippen LogP contribution in [0.3, 0.4) is 0 Å². The van der Waals surface area contributed by atoms with Crippen molar-refractivity contribution in [2.75, 3.05) is 6.54 Å². The Hall–Kier alpha value is -3.81. The van der Waals surface area contributed by atoms with E-state index in [0.717, 1.165) is 54.6 Å². The van der Waals surface area contributed by atoms with Gasteiger partial charge in [-0.2, -0.15) is 5.10 Å². The van der Waals surface area contributed by atoms with E-state index in [2.05, 4.69) is 17.3 Å². The van der Waals surface area contributed by atoms with Crippen LogP contribution in [0.15, 0.2) is 41.1 Å². The Kier molecular flexibility index (Phi) is 4.38. The number of hydrogen-bond donors (Lipinski definition) is 1. The molecule has 4 heterocycles. The van der Waals surface area contributed by atoms with Crippen LogP contribution in [0.5, 0.6) is 11.5 Å². The molecule has 0 radical (unpaired) electrons. The summed E-state index contributed by atoms with van der Waals surface area (Å²) in [4.78, 5) is 28.0. The topological polar surface area (TPSA) is 89.1 Å². The van der Waals surface area contributed by atoms with Gasteiger partial charge in [-0.15, -0.1) is 0 Å². The lowest BCUT2D eigenvalue weighted by Crippen LogP contribution is -2.68. The van der Waals surface area contributed by atoms with Gasteiger partial charge in [0, 0.05) is 41.8 Å². The van der Waals surface area contributed by atoms with Crippen molar-refractivity contribution in [1.82, 2.24) is 19.8 Å². The summed E-state index contributed by atoms with van der Waals surface area (Å²) in [5, 5.41) is 8.41. The Balaban J connectivity index is 1.19. The van der Waals surface area contributed by atoms with Gasteiger partial charge in [-0.05, 0) is 70.1 Å². The van der Waals surface area contributed by atoms with Crippen molar-refractivity contribution >= 4 is 28.3 Å². The Labute approximate surface area is 208 Å². The molecule has 1 saturated heterocycles. The van der Waals surface area contributed by atoms with E-state index in [-0.39, 0.29) is 23.4 Å². The van der Waals surface area contributed by atoms with Crippen molar-refractivity contribution < 1.29 is 18.7 Å². The first kappa shape index (κ1) is 21.5. The summed E-state index contributed by atoms with van der Waals surface area (Å²) in [6, 6.07) is 7.59. The molecular formula is C28H28N4O4. The molecule has 1 atom stereocenters. The van der Waals surface area contributed by atoms with Gasteiger partial charge in [0.05, 0.1) is 17.3 Å². The van der Waals surface area contributed by atoms with Crippen molar-refractivity contribution in [3.8, 4) is 11.5 Å². The fraction of sp³-hybridized carbons (Fsp3) is 0.393. The normalized spacial score (nSPS) is 24.2. The highest BCUT2D eigenvalue weighted by atomic mass is 16.5. The Morgan fingerprint density at radius 3 is 2.67 bits per heavy atom. The zero-order valence-electron chi connectivity index (χ0n) is 20.6. The number of likely N-dealkylation sites (tertiary alicyclic amines) is 1. The fourth-order valence-corrected chi connectivity index (χ4v) is 6.10. The maximum absolute atomic E-state index is 13.0. The van der Waals surface area contributed by atoms with E-state index in [1.54, 1.807) is 23.0 Å². The highest BCUT2D eigenvalue weighted by Gasteiger charge is 2.57. The first-order valence-corrected chi connectivity index (χ1v) is 12.6. The third-order valence-corrected chi connectivity index (χ3v) is 8.41. The van der Waals surface area contributed by atoms with Crippen LogP contribution in [-0.4, -0.2) is 44.5 Å². The Bertz CT molecular complexity index is 1560. The van der Waals surface area contributed by atoms with Crippen LogP contribution in [0.1, 0.15) is 64.6 Å². The number of rotatable bonds is 5. The summed E-state index contributed by atoms with van der Waals surface area (Å²) in [7, 11) is 0. The molecule has 8 nitrogen and oxygen atoms in total. The van der Waals surface area contributed by atoms with E-state index in [9.17, 15) is 9.59 Å². The highest BCUT2D eigenvalue weighted by Crippen LogP contribution is 2.57. The summed E-state index contributed by atoms with van der Waals surface area (Å²) in [6.45, 7) is 6.60. The molecule has 8 heteroatoms.